The van der Waals surface area contributed by atoms with Crippen LogP contribution < -0.4 is 10.6 Å². The van der Waals surface area contributed by atoms with Gasteiger partial charge in [-0.3, -0.25) is 9.36 Å². The number of nitrogens with one attached hydrogen (secondary N) is 2. The van der Waals surface area contributed by atoms with E-state index in [1.165, 1.54) is 17.0 Å². The maximum Gasteiger partial charge on any atom is 0.191 e. The molecule has 26 heavy (non-hydrogen) atoms. The summed E-state index contributed by atoms with van der Waals surface area (Å²) in [5.74, 6) is 0.846. The first-order valence-corrected chi connectivity index (χ1v) is 8.94. The third-order valence-corrected chi connectivity index (χ3v) is 4.34. The Labute approximate surface area is 173 Å². The van der Waals surface area contributed by atoms with Crippen LogP contribution in [0.25, 0.3) is 0 Å². The zero-order chi connectivity index (χ0) is 18.4. The molecule has 0 radical (unpaired) electrons. The molecule has 146 valence electrons. The lowest BCUT2D eigenvalue weighted by molar-refractivity contribution is 0.555. The molecule has 2 aromatic heterocycles. The van der Waals surface area contributed by atoms with Crippen molar-refractivity contribution in [1.29, 1.82) is 0 Å². The topological polar surface area (TPSA) is 72.1 Å². The van der Waals surface area contributed by atoms with Crippen LogP contribution in [0.3, 0.4) is 0 Å². The van der Waals surface area contributed by atoms with Crippen molar-refractivity contribution in [3.05, 3.63) is 34.4 Å². The first-order chi connectivity index (χ1) is 11.9. The molecule has 0 aliphatic heterocycles. The molecular weight excluding hydrogens is 441 g/mol. The van der Waals surface area contributed by atoms with Crippen LogP contribution in [0.4, 0.5) is 0 Å². The van der Waals surface area contributed by atoms with Crippen molar-refractivity contribution in [2.75, 3.05) is 13.1 Å². The Morgan fingerprint density at radius 2 is 1.88 bits per heavy atom. The van der Waals surface area contributed by atoms with E-state index in [1.54, 1.807) is 0 Å². The van der Waals surface area contributed by atoms with Gasteiger partial charge in [0.15, 0.2) is 5.96 Å². The van der Waals surface area contributed by atoms with Gasteiger partial charge >= 0.3 is 0 Å². The normalized spacial score (nSPS) is 11.4. The van der Waals surface area contributed by atoms with Crippen LogP contribution in [0.1, 0.15) is 41.7 Å². The van der Waals surface area contributed by atoms with E-state index in [1.807, 2.05) is 25.6 Å². The largest absolute Gasteiger partial charge is 0.357 e. The van der Waals surface area contributed by atoms with E-state index in [9.17, 15) is 0 Å². The van der Waals surface area contributed by atoms with Crippen molar-refractivity contribution in [3.63, 3.8) is 0 Å². The Bertz CT molecular complexity index is 730. The van der Waals surface area contributed by atoms with Crippen LogP contribution >= 0.6 is 24.0 Å². The second kappa shape index (κ2) is 10.5. The van der Waals surface area contributed by atoms with Crippen LogP contribution in [0, 0.1) is 27.7 Å². The van der Waals surface area contributed by atoms with Crippen molar-refractivity contribution in [2.45, 2.75) is 54.1 Å². The quantitative estimate of drug-likeness (QED) is 0.281. The summed E-state index contributed by atoms with van der Waals surface area (Å²) >= 11 is 0. The van der Waals surface area contributed by atoms with Crippen molar-refractivity contribution in [3.8, 4) is 0 Å². The van der Waals surface area contributed by atoms with Crippen LogP contribution in [0.5, 0.6) is 0 Å². The fourth-order valence-electron chi connectivity index (χ4n) is 2.88. The van der Waals surface area contributed by atoms with Gasteiger partial charge in [-0.25, -0.2) is 4.99 Å². The minimum absolute atomic E-state index is 0. The van der Waals surface area contributed by atoms with E-state index in [4.69, 9.17) is 4.99 Å². The van der Waals surface area contributed by atoms with E-state index in [2.05, 4.69) is 52.4 Å². The molecule has 0 saturated heterocycles. The Morgan fingerprint density at radius 3 is 2.42 bits per heavy atom. The fraction of sp³-hybridized carbons (Fsp3) is 0.611. The number of hydrogen-bond acceptors (Lipinski definition) is 3. The SMILES string of the molecule is CCNC(=NCc1c(C)nn(C)c1C)NCCCn1nc(C)cc1C.I. The highest BCUT2D eigenvalue weighted by Gasteiger charge is 2.09. The monoisotopic (exact) mass is 473 g/mol. The predicted molar refractivity (Wildman–Crippen MR) is 117 cm³/mol. The van der Waals surface area contributed by atoms with Gasteiger partial charge in [0.2, 0.25) is 0 Å². The molecule has 2 aromatic rings. The number of aromatic nitrogens is 4. The third kappa shape index (κ3) is 6.00. The van der Waals surface area contributed by atoms with Crippen molar-refractivity contribution >= 4 is 29.9 Å². The summed E-state index contributed by atoms with van der Waals surface area (Å²) < 4.78 is 3.97. The standard InChI is InChI=1S/C18H31N7.HI/c1-7-19-18(21-12-17-15(4)23-24(6)16(17)5)20-9-8-10-25-14(3)11-13(2)22-25;/h11H,7-10,12H2,1-6H3,(H2,19,20,21);1H. The summed E-state index contributed by atoms with van der Waals surface area (Å²) in [7, 11) is 1.97. The average Bonchev–Trinajstić information content (AvgIpc) is 3.00. The number of rotatable bonds is 7. The lowest BCUT2D eigenvalue weighted by atomic mass is 10.2. The van der Waals surface area contributed by atoms with Gasteiger partial charge in [0.05, 0.1) is 17.9 Å². The second-order valence-electron chi connectivity index (χ2n) is 6.40. The number of halogens is 1. The number of aryl methyl sites for hydroxylation is 5. The Morgan fingerprint density at radius 1 is 1.15 bits per heavy atom. The lowest BCUT2D eigenvalue weighted by Gasteiger charge is -2.12. The molecule has 0 unspecified atom stereocenters. The summed E-state index contributed by atoms with van der Waals surface area (Å²) in [6.07, 6.45) is 0.997. The first kappa shape index (κ1) is 22.5. The molecule has 0 aliphatic rings. The van der Waals surface area contributed by atoms with Gasteiger partial charge in [0, 0.05) is 43.6 Å². The first-order valence-electron chi connectivity index (χ1n) is 8.94. The van der Waals surface area contributed by atoms with Crippen LogP contribution in [0.2, 0.25) is 0 Å². The maximum absolute atomic E-state index is 4.70. The molecule has 2 rings (SSSR count). The van der Waals surface area contributed by atoms with Crippen molar-refractivity contribution in [2.24, 2.45) is 12.0 Å². The van der Waals surface area contributed by atoms with Gasteiger partial charge < -0.3 is 10.6 Å². The zero-order valence-corrected chi connectivity index (χ0v) is 19.1. The summed E-state index contributed by atoms with van der Waals surface area (Å²) in [5, 5.41) is 15.7. The molecule has 7 nitrogen and oxygen atoms in total. The molecule has 0 fully saturated rings. The molecular formula is C18H32IN7. The van der Waals surface area contributed by atoms with Crippen molar-refractivity contribution < 1.29 is 0 Å². The van der Waals surface area contributed by atoms with Crippen LogP contribution in [-0.4, -0.2) is 38.6 Å². The van der Waals surface area contributed by atoms with Gasteiger partial charge in [-0.1, -0.05) is 0 Å². The number of aliphatic imine (C=N–C) groups is 1. The van der Waals surface area contributed by atoms with Gasteiger partial charge in [0.25, 0.3) is 0 Å². The second-order valence-corrected chi connectivity index (χ2v) is 6.40. The van der Waals surface area contributed by atoms with Crippen LogP contribution in [0.15, 0.2) is 11.1 Å². The number of nitrogens with zero attached hydrogens (tertiary/aromatic N) is 5. The molecule has 0 aliphatic carbocycles. The van der Waals surface area contributed by atoms with Gasteiger partial charge in [-0.05, 0) is 47.1 Å². The van der Waals surface area contributed by atoms with Crippen LogP contribution in [-0.2, 0) is 20.1 Å². The van der Waals surface area contributed by atoms with Gasteiger partial charge in [0.1, 0.15) is 0 Å². The number of guanidine groups is 1. The highest BCUT2D eigenvalue weighted by Crippen LogP contribution is 2.12. The Kier molecular flexibility index (Phi) is 9.11. The minimum Gasteiger partial charge on any atom is -0.357 e. The molecule has 0 saturated carbocycles. The van der Waals surface area contributed by atoms with E-state index in [0.717, 1.165) is 43.4 Å². The summed E-state index contributed by atoms with van der Waals surface area (Å²) in [4.78, 5) is 4.70. The molecule has 0 aromatic carbocycles. The number of hydrogen-bond donors (Lipinski definition) is 2. The molecule has 8 heteroatoms. The van der Waals surface area contributed by atoms with Gasteiger partial charge in [-0.15, -0.1) is 24.0 Å². The smallest absolute Gasteiger partial charge is 0.191 e. The van der Waals surface area contributed by atoms with Gasteiger partial charge in [-0.2, -0.15) is 10.2 Å². The molecule has 0 amide bonds. The van der Waals surface area contributed by atoms with E-state index in [-0.39, 0.29) is 24.0 Å². The molecule has 0 atom stereocenters. The Balaban J connectivity index is 0.00000338. The highest BCUT2D eigenvalue weighted by molar-refractivity contribution is 14.0. The predicted octanol–water partition coefficient (Wildman–Crippen LogP) is 2.61. The van der Waals surface area contributed by atoms with E-state index in [0.29, 0.717) is 6.54 Å². The maximum atomic E-state index is 4.70. The van der Waals surface area contributed by atoms with E-state index >= 15 is 0 Å². The minimum atomic E-state index is 0. The Hall–Kier alpha value is -1.58. The molecule has 2 N–H and O–H groups in total. The molecule has 2 heterocycles. The molecule has 0 spiro atoms. The summed E-state index contributed by atoms with van der Waals surface area (Å²) in [6, 6.07) is 2.11. The summed E-state index contributed by atoms with van der Waals surface area (Å²) in [5.41, 5.74) is 5.69. The summed E-state index contributed by atoms with van der Waals surface area (Å²) in [6.45, 7) is 13.6. The zero-order valence-electron chi connectivity index (χ0n) is 16.8. The third-order valence-electron chi connectivity index (χ3n) is 4.34. The molecule has 0 bridgehead atoms. The van der Waals surface area contributed by atoms with E-state index < -0.39 is 0 Å². The average molecular weight is 473 g/mol. The fourth-order valence-corrected chi connectivity index (χ4v) is 2.88. The highest BCUT2D eigenvalue weighted by atomic mass is 127. The van der Waals surface area contributed by atoms with Crippen molar-refractivity contribution in [1.82, 2.24) is 30.2 Å². The lowest BCUT2D eigenvalue weighted by Crippen LogP contribution is -2.38.